The Kier molecular flexibility index (Phi) is 2.91. The summed E-state index contributed by atoms with van der Waals surface area (Å²) < 4.78 is 0. The summed E-state index contributed by atoms with van der Waals surface area (Å²) in [4.78, 5) is 4.52. The average molecular weight is 213 g/mol. The molecule has 0 unspecified atom stereocenters. The fraction of sp³-hybridized carbons (Fsp3) is 0.385. The maximum absolute atomic E-state index is 9.06. The maximum Gasteiger partial charge on any atom is 0.144 e. The van der Waals surface area contributed by atoms with Gasteiger partial charge in [0.1, 0.15) is 11.9 Å². The lowest BCUT2D eigenvalue weighted by atomic mass is 10.1. The molecule has 1 aromatic rings. The molecule has 1 aliphatic rings. The monoisotopic (exact) mass is 213 g/mol. The predicted molar refractivity (Wildman–Crippen MR) is 64.3 cm³/mol. The molecule has 16 heavy (non-hydrogen) atoms. The van der Waals surface area contributed by atoms with E-state index in [9.17, 15) is 0 Å². The van der Waals surface area contributed by atoms with Crippen LogP contribution in [0.4, 0.5) is 5.82 Å². The molecule has 3 heteroatoms. The molecule has 1 heterocycles. The molecule has 0 fully saturated rings. The fourth-order valence-corrected chi connectivity index (χ4v) is 1.93. The van der Waals surface area contributed by atoms with Crippen LogP contribution in [0.1, 0.15) is 30.2 Å². The summed E-state index contributed by atoms with van der Waals surface area (Å²) in [5.74, 6) is 0.700. The molecule has 2 rings (SSSR count). The minimum Gasteiger partial charge on any atom is -0.365 e. The van der Waals surface area contributed by atoms with Gasteiger partial charge in [0.25, 0.3) is 0 Å². The van der Waals surface area contributed by atoms with Crippen LogP contribution in [0.5, 0.6) is 0 Å². The summed E-state index contributed by atoms with van der Waals surface area (Å²) in [6, 6.07) is 4.16. The number of anilines is 1. The van der Waals surface area contributed by atoms with Crippen molar-refractivity contribution >= 4 is 5.82 Å². The number of fused-ring (bicyclic) bond motifs is 1. The fourth-order valence-electron chi connectivity index (χ4n) is 1.93. The Hall–Kier alpha value is -1.82. The average Bonchev–Trinajstić information content (AvgIpc) is 2.71. The highest BCUT2D eigenvalue weighted by Gasteiger charge is 2.15. The zero-order chi connectivity index (χ0) is 11.5. The van der Waals surface area contributed by atoms with Crippen molar-refractivity contribution in [3.8, 4) is 6.07 Å². The van der Waals surface area contributed by atoms with Crippen molar-refractivity contribution in [1.29, 1.82) is 5.26 Å². The van der Waals surface area contributed by atoms with Crippen molar-refractivity contribution in [2.24, 2.45) is 0 Å². The zero-order valence-electron chi connectivity index (χ0n) is 9.51. The van der Waals surface area contributed by atoms with Crippen LogP contribution in [0, 0.1) is 11.3 Å². The number of nitriles is 1. The highest BCUT2D eigenvalue weighted by molar-refractivity contribution is 5.55. The summed E-state index contributed by atoms with van der Waals surface area (Å²) >= 11 is 0. The second kappa shape index (κ2) is 4.36. The van der Waals surface area contributed by atoms with E-state index < -0.39 is 0 Å². The van der Waals surface area contributed by atoms with E-state index in [0.29, 0.717) is 17.9 Å². The van der Waals surface area contributed by atoms with Crippen LogP contribution in [-0.4, -0.2) is 11.5 Å². The van der Waals surface area contributed by atoms with Gasteiger partial charge in [-0.25, -0.2) is 4.98 Å². The second-order valence-electron chi connectivity index (χ2n) is 4.27. The Balaban J connectivity index is 2.30. The smallest absolute Gasteiger partial charge is 0.144 e. The number of aryl methyl sites for hydroxylation is 2. The van der Waals surface area contributed by atoms with Crippen LogP contribution < -0.4 is 5.32 Å². The van der Waals surface area contributed by atoms with E-state index in [1.54, 1.807) is 0 Å². The summed E-state index contributed by atoms with van der Waals surface area (Å²) in [5.41, 5.74) is 4.05. The minimum absolute atomic E-state index is 0.641. The number of aromatic nitrogens is 1. The number of hydrogen-bond acceptors (Lipinski definition) is 3. The highest BCUT2D eigenvalue weighted by atomic mass is 15.0. The molecular formula is C13H15N3. The van der Waals surface area contributed by atoms with E-state index >= 15 is 0 Å². The Bertz CT molecular complexity index is 469. The third kappa shape index (κ3) is 2.06. The summed E-state index contributed by atoms with van der Waals surface area (Å²) in [6.45, 7) is 6.44. The number of pyridine rings is 1. The molecular weight excluding hydrogens is 198 g/mol. The molecule has 0 aliphatic heterocycles. The number of nitrogens with zero attached hydrogens (tertiary/aromatic N) is 2. The topological polar surface area (TPSA) is 48.7 Å². The first-order chi connectivity index (χ1) is 7.70. The van der Waals surface area contributed by atoms with Crippen LogP contribution in [0.15, 0.2) is 18.2 Å². The van der Waals surface area contributed by atoms with Crippen molar-refractivity contribution < 1.29 is 0 Å². The molecule has 0 spiro atoms. The van der Waals surface area contributed by atoms with Gasteiger partial charge in [-0.15, -0.1) is 0 Å². The normalized spacial score (nSPS) is 13.0. The number of rotatable bonds is 3. The molecule has 0 radical (unpaired) electrons. The van der Waals surface area contributed by atoms with Gasteiger partial charge in [0.05, 0.1) is 5.56 Å². The third-order valence-electron chi connectivity index (χ3n) is 2.73. The lowest BCUT2D eigenvalue weighted by Crippen LogP contribution is -2.07. The number of nitrogens with one attached hydrogen (secondary N) is 1. The van der Waals surface area contributed by atoms with Gasteiger partial charge in [-0.3, -0.25) is 0 Å². The van der Waals surface area contributed by atoms with E-state index in [0.717, 1.165) is 30.5 Å². The van der Waals surface area contributed by atoms with Gasteiger partial charge in [-0.1, -0.05) is 12.2 Å². The van der Waals surface area contributed by atoms with Gasteiger partial charge >= 0.3 is 0 Å². The summed E-state index contributed by atoms with van der Waals surface area (Å²) in [5, 5.41) is 12.2. The molecule has 82 valence electrons. The Labute approximate surface area is 95.8 Å². The van der Waals surface area contributed by atoms with Crippen molar-refractivity contribution in [1.82, 2.24) is 4.98 Å². The second-order valence-corrected chi connectivity index (χ2v) is 4.27. The van der Waals surface area contributed by atoms with Gasteiger partial charge in [0, 0.05) is 12.2 Å². The molecule has 0 saturated heterocycles. The van der Waals surface area contributed by atoms with E-state index in [2.05, 4.69) is 22.9 Å². The van der Waals surface area contributed by atoms with E-state index in [-0.39, 0.29) is 0 Å². The first-order valence-electron chi connectivity index (χ1n) is 5.52. The van der Waals surface area contributed by atoms with Crippen LogP contribution in [0.25, 0.3) is 0 Å². The van der Waals surface area contributed by atoms with E-state index in [4.69, 9.17) is 5.26 Å². The standard InChI is InChI=1S/C13H15N3/c1-9(2)8-15-13-11(7-14)6-10-4-3-5-12(10)16-13/h6H,1,3-5,8H2,2H3,(H,15,16). The van der Waals surface area contributed by atoms with Gasteiger partial charge < -0.3 is 5.32 Å². The Morgan fingerprint density at radius 2 is 2.44 bits per heavy atom. The molecule has 1 aliphatic carbocycles. The lowest BCUT2D eigenvalue weighted by Gasteiger charge is -2.09. The molecule has 0 bridgehead atoms. The zero-order valence-corrected chi connectivity index (χ0v) is 9.51. The molecule has 1 N–H and O–H groups in total. The first-order valence-corrected chi connectivity index (χ1v) is 5.52. The largest absolute Gasteiger partial charge is 0.365 e. The first kappa shape index (κ1) is 10.7. The molecule has 0 atom stereocenters. The Morgan fingerprint density at radius 3 is 3.12 bits per heavy atom. The molecule has 0 saturated carbocycles. The van der Waals surface area contributed by atoms with Gasteiger partial charge in [-0.2, -0.15) is 5.26 Å². The summed E-state index contributed by atoms with van der Waals surface area (Å²) in [7, 11) is 0. The van der Waals surface area contributed by atoms with Crippen LogP contribution in [0.3, 0.4) is 0 Å². The molecule has 0 aromatic carbocycles. The van der Waals surface area contributed by atoms with Crippen molar-refractivity contribution in [3.63, 3.8) is 0 Å². The van der Waals surface area contributed by atoms with Crippen LogP contribution in [-0.2, 0) is 12.8 Å². The lowest BCUT2D eigenvalue weighted by molar-refractivity contribution is 0.899. The highest BCUT2D eigenvalue weighted by Crippen LogP contribution is 2.24. The maximum atomic E-state index is 9.06. The van der Waals surface area contributed by atoms with Crippen LogP contribution >= 0.6 is 0 Å². The summed E-state index contributed by atoms with van der Waals surface area (Å²) in [6.07, 6.45) is 3.23. The predicted octanol–water partition coefficient (Wildman–Crippen LogP) is 2.43. The number of hydrogen-bond donors (Lipinski definition) is 1. The Morgan fingerprint density at radius 1 is 1.62 bits per heavy atom. The molecule has 0 amide bonds. The third-order valence-corrected chi connectivity index (χ3v) is 2.73. The molecule has 3 nitrogen and oxygen atoms in total. The van der Waals surface area contributed by atoms with Crippen molar-refractivity contribution in [3.05, 3.63) is 35.0 Å². The van der Waals surface area contributed by atoms with Crippen molar-refractivity contribution in [2.75, 3.05) is 11.9 Å². The SMILES string of the molecule is C=C(C)CNc1nc2c(cc1C#N)CCC2. The quantitative estimate of drug-likeness (QED) is 0.784. The van der Waals surface area contributed by atoms with Crippen LogP contribution in [0.2, 0.25) is 0 Å². The minimum atomic E-state index is 0.641. The van der Waals surface area contributed by atoms with Crippen molar-refractivity contribution in [2.45, 2.75) is 26.2 Å². The van der Waals surface area contributed by atoms with Gasteiger partial charge in [0.2, 0.25) is 0 Å². The molecule has 1 aromatic heterocycles. The van der Waals surface area contributed by atoms with Gasteiger partial charge in [-0.05, 0) is 37.8 Å². The van der Waals surface area contributed by atoms with E-state index in [1.807, 2.05) is 13.0 Å². The van der Waals surface area contributed by atoms with Gasteiger partial charge in [0.15, 0.2) is 0 Å². The van der Waals surface area contributed by atoms with E-state index in [1.165, 1.54) is 5.56 Å².